The van der Waals surface area contributed by atoms with Gasteiger partial charge in [0.25, 0.3) is 0 Å². The Kier molecular flexibility index (Phi) is 3.77. The summed E-state index contributed by atoms with van der Waals surface area (Å²) in [6.45, 7) is 2.45. The Bertz CT molecular complexity index is 521. The molecule has 2 rings (SSSR count). The summed E-state index contributed by atoms with van der Waals surface area (Å²) < 4.78 is 31.5. The second kappa shape index (κ2) is 5.16. The highest BCUT2D eigenvalue weighted by molar-refractivity contribution is 7.92. The van der Waals surface area contributed by atoms with Crippen LogP contribution in [0.25, 0.3) is 0 Å². The van der Waals surface area contributed by atoms with Crippen molar-refractivity contribution < 1.29 is 18.3 Å². The van der Waals surface area contributed by atoms with Crippen LogP contribution >= 0.6 is 0 Å². The van der Waals surface area contributed by atoms with Crippen molar-refractivity contribution in [3.05, 3.63) is 23.8 Å². The first-order valence-electron chi connectivity index (χ1n) is 5.88. The van der Waals surface area contributed by atoms with E-state index in [1.807, 2.05) is 6.92 Å². The van der Waals surface area contributed by atoms with Crippen molar-refractivity contribution in [1.29, 1.82) is 0 Å². The molecule has 0 spiro atoms. The molecule has 0 bridgehead atoms. The third-order valence-corrected chi connectivity index (χ3v) is 4.19. The van der Waals surface area contributed by atoms with Crippen LogP contribution in [0.4, 0.5) is 5.69 Å². The number of aromatic hydroxyl groups is 1. The van der Waals surface area contributed by atoms with E-state index in [9.17, 15) is 13.5 Å². The van der Waals surface area contributed by atoms with Gasteiger partial charge in [0.15, 0.2) is 0 Å². The number of hydrogen-bond donors (Lipinski definition) is 2. The maximum absolute atomic E-state index is 11.9. The predicted octanol–water partition coefficient (Wildman–Crippen LogP) is 1.62. The predicted molar refractivity (Wildman–Crippen MR) is 69.2 cm³/mol. The number of phenols is 1. The fourth-order valence-electron chi connectivity index (χ4n) is 1.96. The summed E-state index contributed by atoms with van der Waals surface area (Å²) in [5.74, 6) is -0.142. The Hall–Kier alpha value is -1.27. The lowest BCUT2D eigenvalue weighted by Gasteiger charge is -2.13. The van der Waals surface area contributed by atoms with Gasteiger partial charge in [-0.1, -0.05) is 6.07 Å². The first kappa shape index (κ1) is 13.2. The van der Waals surface area contributed by atoms with E-state index in [0.29, 0.717) is 6.61 Å². The Balaban J connectivity index is 2.09. The molecule has 5 nitrogen and oxygen atoms in total. The van der Waals surface area contributed by atoms with E-state index in [4.69, 9.17) is 4.74 Å². The van der Waals surface area contributed by atoms with E-state index >= 15 is 0 Å². The third-order valence-electron chi connectivity index (χ3n) is 2.85. The molecule has 1 aliphatic heterocycles. The highest BCUT2D eigenvalue weighted by Crippen LogP contribution is 2.25. The van der Waals surface area contributed by atoms with Crippen molar-refractivity contribution in [2.24, 2.45) is 0 Å². The van der Waals surface area contributed by atoms with Crippen molar-refractivity contribution >= 4 is 15.7 Å². The second-order valence-corrected chi connectivity index (χ2v) is 6.31. The normalized spacial score (nSPS) is 19.9. The minimum Gasteiger partial charge on any atom is -0.506 e. The first-order chi connectivity index (χ1) is 8.46. The van der Waals surface area contributed by atoms with Gasteiger partial charge in [0.2, 0.25) is 10.0 Å². The molecule has 100 valence electrons. The largest absolute Gasteiger partial charge is 0.506 e. The zero-order chi connectivity index (χ0) is 13.2. The number of anilines is 1. The minimum atomic E-state index is -3.49. The number of benzene rings is 1. The van der Waals surface area contributed by atoms with E-state index in [2.05, 4.69) is 4.72 Å². The average Bonchev–Trinajstić information content (AvgIpc) is 2.75. The summed E-state index contributed by atoms with van der Waals surface area (Å²) in [6, 6.07) is 4.79. The van der Waals surface area contributed by atoms with Gasteiger partial charge in [-0.25, -0.2) is 8.42 Å². The monoisotopic (exact) mass is 271 g/mol. The zero-order valence-corrected chi connectivity index (χ0v) is 11.0. The van der Waals surface area contributed by atoms with Crippen LogP contribution in [-0.4, -0.2) is 32.0 Å². The number of hydrogen-bond acceptors (Lipinski definition) is 4. The topological polar surface area (TPSA) is 75.6 Å². The van der Waals surface area contributed by atoms with Crippen LogP contribution in [0.3, 0.4) is 0 Å². The molecule has 1 aromatic rings. The van der Waals surface area contributed by atoms with Crippen LogP contribution in [0, 0.1) is 6.92 Å². The molecule has 0 saturated carbocycles. The van der Waals surface area contributed by atoms with Crippen molar-refractivity contribution in [2.75, 3.05) is 17.1 Å². The van der Waals surface area contributed by atoms with Crippen LogP contribution in [0.5, 0.6) is 5.75 Å². The van der Waals surface area contributed by atoms with Gasteiger partial charge in [-0.3, -0.25) is 4.72 Å². The molecule has 1 aromatic carbocycles. The van der Waals surface area contributed by atoms with E-state index < -0.39 is 10.0 Å². The highest BCUT2D eigenvalue weighted by Gasteiger charge is 2.23. The molecular weight excluding hydrogens is 254 g/mol. The van der Waals surface area contributed by atoms with Crippen molar-refractivity contribution in [3.63, 3.8) is 0 Å². The molecule has 1 unspecified atom stereocenters. The molecule has 0 aliphatic carbocycles. The number of sulfonamides is 1. The molecule has 0 aromatic heterocycles. The van der Waals surface area contributed by atoms with E-state index in [1.54, 1.807) is 12.1 Å². The lowest BCUT2D eigenvalue weighted by molar-refractivity contribution is 0.127. The Labute approximate surface area is 107 Å². The molecule has 6 heteroatoms. The number of ether oxygens (including phenoxy) is 1. The molecule has 1 saturated heterocycles. The van der Waals surface area contributed by atoms with Crippen LogP contribution < -0.4 is 4.72 Å². The fourth-order valence-corrected chi connectivity index (χ4v) is 3.30. The lowest BCUT2D eigenvalue weighted by Crippen LogP contribution is -2.25. The molecule has 1 aliphatic rings. The molecule has 0 radical (unpaired) electrons. The van der Waals surface area contributed by atoms with E-state index in [1.165, 1.54) is 6.07 Å². The van der Waals surface area contributed by atoms with Crippen LogP contribution in [0.1, 0.15) is 18.4 Å². The average molecular weight is 271 g/mol. The second-order valence-electron chi connectivity index (χ2n) is 4.54. The number of rotatable bonds is 4. The molecule has 1 atom stereocenters. The molecule has 1 fully saturated rings. The first-order valence-corrected chi connectivity index (χ1v) is 7.53. The molecule has 2 N–H and O–H groups in total. The number of aryl methyl sites for hydroxylation is 1. The van der Waals surface area contributed by atoms with Crippen molar-refractivity contribution in [1.82, 2.24) is 0 Å². The van der Waals surface area contributed by atoms with Crippen LogP contribution in [-0.2, 0) is 14.8 Å². The Morgan fingerprint density at radius 3 is 2.94 bits per heavy atom. The van der Waals surface area contributed by atoms with Gasteiger partial charge in [0.1, 0.15) is 5.75 Å². The van der Waals surface area contributed by atoms with Crippen LogP contribution in [0.2, 0.25) is 0 Å². The minimum absolute atomic E-state index is 0.0691. The summed E-state index contributed by atoms with van der Waals surface area (Å²) in [4.78, 5) is 0. The van der Waals surface area contributed by atoms with Gasteiger partial charge < -0.3 is 9.84 Å². The number of phenolic OH excluding ortho intramolecular Hbond substituents is 1. The molecule has 18 heavy (non-hydrogen) atoms. The van der Waals surface area contributed by atoms with E-state index in [0.717, 1.165) is 18.4 Å². The van der Waals surface area contributed by atoms with Gasteiger partial charge in [-0.15, -0.1) is 0 Å². The van der Waals surface area contributed by atoms with Gasteiger partial charge in [-0.2, -0.15) is 0 Å². The maximum Gasteiger partial charge on any atom is 0.235 e. The smallest absolute Gasteiger partial charge is 0.235 e. The number of nitrogens with one attached hydrogen (secondary N) is 1. The van der Waals surface area contributed by atoms with Crippen molar-refractivity contribution in [2.45, 2.75) is 25.9 Å². The SMILES string of the molecule is Cc1ccc(O)c(NS(=O)(=O)CC2CCCO2)c1. The maximum atomic E-state index is 11.9. The molecule has 0 amide bonds. The zero-order valence-electron chi connectivity index (χ0n) is 10.2. The van der Waals surface area contributed by atoms with Gasteiger partial charge >= 0.3 is 0 Å². The quantitative estimate of drug-likeness (QED) is 0.816. The highest BCUT2D eigenvalue weighted by atomic mass is 32.2. The summed E-state index contributed by atoms with van der Waals surface area (Å²) in [6.07, 6.45) is 1.42. The van der Waals surface area contributed by atoms with Crippen LogP contribution in [0.15, 0.2) is 18.2 Å². The van der Waals surface area contributed by atoms with Gasteiger partial charge in [0, 0.05) is 6.61 Å². The van der Waals surface area contributed by atoms with Crippen molar-refractivity contribution in [3.8, 4) is 5.75 Å². The molecule has 1 heterocycles. The Morgan fingerprint density at radius 1 is 1.50 bits per heavy atom. The summed E-state index contributed by atoms with van der Waals surface area (Å²) in [5, 5.41) is 9.60. The Morgan fingerprint density at radius 2 is 2.28 bits per heavy atom. The van der Waals surface area contributed by atoms with E-state index in [-0.39, 0.29) is 23.3 Å². The third kappa shape index (κ3) is 3.36. The van der Waals surface area contributed by atoms with Gasteiger partial charge in [-0.05, 0) is 37.5 Å². The standard InChI is InChI=1S/C12H17NO4S/c1-9-4-5-12(14)11(7-9)13-18(15,16)8-10-3-2-6-17-10/h4-5,7,10,13-14H,2-3,6,8H2,1H3. The lowest BCUT2D eigenvalue weighted by atomic mass is 10.2. The van der Waals surface area contributed by atoms with Gasteiger partial charge in [0.05, 0.1) is 17.5 Å². The fraction of sp³-hybridized carbons (Fsp3) is 0.500. The summed E-state index contributed by atoms with van der Waals surface area (Å²) in [5.41, 5.74) is 1.09. The molecular formula is C12H17NO4S. The summed E-state index contributed by atoms with van der Waals surface area (Å²) in [7, 11) is -3.49. The summed E-state index contributed by atoms with van der Waals surface area (Å²) >= 11 is 0.